The molecule has 1 aromatic carbocycles. The number of methoxy groups -OCH3 is 2. The lowest BCUT2D eigenvalue weighted by Gasteiger charge is -2.26. The molecular formula is C21H17N5O5. The van der Waals surface area contributed by atoms with E-state index in [2.05, 4.69) is 21.3 Å². The van der Waals surface area contributed by atoms with E-state index in [0.717, 1.165) is 5.56 Å². The SMILES string of the molecule is COc1cc([C@@H]2C(C#N)=C(N)Oc3n[nH]c(-c4cccnc4)c32)c(OC)c2c1OCO2. The van der Waals surface area contributed by atoms with Gasteiger partial charge in [-0.3, -0.25) is 10.1 Å². The largest absolute Gasteiger partial charge is 0.493 e. The van der Waals surface area contributed by atoms with Crippen molar-refractivity contribution in [2.45, 2.75) is 5.92 Å². The first kappa shape index (κ1) is 18.6. The number of nitrogens with zero attached hydrogens (tertiary/aromatic N) is 3. The zero-order valence-corrected chi connectivity index (χ0v) is 16.6. The highest BCUT2D eigenvalue weighted by Crippen LogP contribution is 2.55. The summed E-state index contributed by atoms with van der Waals surface area (Å²) in [6.07, 6.45) is 3.36. The second-order valence-corrected chi connectivity index (χ2v) is 6.75. The monoisotopic (exact) mass is 419 g/mol. The van der Waals surface area contributed by atoms with Crippen molar-refractivity contribution in [3.8, 4) is 46.2 Å². The maximum atomic E-state index is 9.96. The van der Waals surface area contributed by atoms with Crippen LogP contribution in [0.15, 0.2) is 42.0 Å². The number of aromatic nitrogens is 3. The van der Waals surface area contributed by atoms with Gasteiger partial charge in [0.05, 0.1) is 31.4 Å². The number of nitriles is 1. The van der Waals surface area contributed by atoms with E-state index in [1.165, 1.54) is 14.2 Å². The Hall–Kier alpha value is -4.39. The second kappa shape index (κ2) is 7.14. The normalized spacial score (nSPS) is 16.4. The molecule has 0 fully saturated rings. The molecule has 10 nitrogen and oxygen atoms in total. The van der Waals surface area contributed by atoms with Crippen molar-refractivity contribution in [3.63, 3.8) is 0 Å². The van der Waals surface area contributed by atoms with Crippen LogP contribution in [0.3, 0.4) is 0 Å². The van der Waals surface area contributed by atoms with Crippen LogP contribution in [0.5, 0.6) is 28.9 Å². The molecule has 0 saturated heterocycles. The van der Waals surface area contributed by atoms with E-state index in [1.807, 2.05) is 6.07 Å². The van der Waals surface area contributed by atoms with Crippen molar-refractivity contribution < 1.29 is 23.7 Å². The number of H-pyrrole nitrogens is 1. The van der Waals surface area contributed by atoms with Crippen LogP contribution >= 0.6 is 0 Å². The van der Waals surface area contributed by atoms with E-state index in [0.29, 0.717) is 39.8 Å². The number of aromatic amines is 1. The zero-order valence-electron chi connectivity index (χ0n) is 16.6. The van der Waals surface area contributed by atoms with Gasteiger partial charge in [0.15, 0.2) is 11.5 Å². The maximum absolute atomic E-state index is 9.96. The van der Waals surface area contributed by atoms with Crippen LogP contribution in [0.4, 0.5) is 0 Å². The van der Waals surface area contributed by atoms with Crippen molar-refractivity contribution >= 4 is 0 Å². The smallest absolute Gasteiger partial charge is 0.244 e. The Kier molecular flexibility index (Phi) is 4.29. The highest BCUT2D eigenvalue weighted by atomic mass is 16.7. The molecule has 3 N–H and O–H groups in total. The number of rotatable bonds is 4. The topological polar surface area (TPSA) is 138 Å². The molecule has 4 heterocycles. The average Bonchev–Trinajstić information content (AvgIpc) is 3.45. The van der Waals surface area contributed by atoms with E-state index in [4.69, 9.17) is 29.4 Å². The molecule has 10 heteroatoms. The van der Waals surface area contributed by atoms with Gasteiger partial charge in [0, 0.05) is 23.5 Å². The molecular weight excluding hydrogens is 402 g/mol. The number of pyridine rings is 1. The van der Waals surface area contributed by atoms with Crippen molar-refractivity contribution in [2.75, 3.05) is 21.0 Å². The van der Waals surface area contributed by atoms with Crippen molar-refractivity contribution in [2.24, 2.45) is 5.73 Å². The van der Waals surface area contributed by atoms with E-state index in [9.17, 15) is 5.26 Å². The number of fused-ring (bicyclic) bond motifs is 2. The number of hydrogen-bond donors (Lipinski definition) is 2. The Morgan fingerprint density at radius 3 is 2.81 bits per heavy atom. The standard InChI is InChI=1S/C21H17N5O5/c1-27-13-6-11(17(28-2)19-18(13)29-9-30-19)14-12(7-22)20(23)31-21-15(14)16(25-26-21)10-4-3-5-24-8-10/h3-6,8,14H,9,23H2,1-2H3,(H,25,26)/t14-/m1/s1. The van der Waals surface area contributed by atoms with Crippen molar-refractivity contribution in [1.29, 1.82) is 5.26 Å². The van der Waals surface area contributed by atoms with Crippen LogP contribution in [0.1, 0.15) is 17.0 Å². The molecule has 156 valence electrons. The fourth-order valence-electron chi connectivity index (χ4n) is 3.90. The maximum Gasteiger partial charge on any atom is 0.244 e. The Morgan fingerprint density at radius 2 is 2.10 bits per heavy atom. The van der Waals surface area contributed by atoms with E-state index < -0.39 is 5.92 Å². The van der Waals surface area contributed by atoms with Gasteiger partial charge in [-0.25, -0.2) is 0 Å². The minimum atomic E-state index is -0.666. The van der Waals surface area contributed by atoms with Crippen LogP contribution in [0.25, 0.3) is 11.3 Å². The Balaban J connectivity index is 1.81. The molecule has 0 unspecified atom stereocenters. The van der Waals surface area contributed by atoms with E-state index in [1.54, 1.807) is 24.5 Å². The van der Waals surface area contributed by atoms with Crippen molar-refractivity contribution in [1.82, 2.24) is 15.2 Å². The summed E-state index contributed by atoms with van der Waals surface area (Å²) in [6, 6.07) is 7.60. The summed E-state index contributed by atoms with van der Waals surface area (Å²) < 4.78 is 28.1. The van der Waals surface area contributed by atoms with Gasteiger partial charge in [-0.1, -0.05) is 0 Å². The van der Waals surface area contributed by atoms with Gasteiger partial charge < -0.3 is 29.4 Å². The molecule has 0 amide bonds. The summed E-state index contributed by atoms with van der Waals surface area (Å²) in [6.45, 7) is 0.0280. The number of nitrogens with one attached hydrogen (secondary N) is 1. The van der Waals surface area contributed by atoms with Crippen LogP contribution in [-0.4, -0.2) is 36.2 Å². The minimum Gasteiger partial charge on any atom is -0.493 e. The first-order valence-corrected chi connectivity index (χ1v) is 9.28. The highest BCUT2D eigenvalue weighted by Gasteiger charge is 2.40. The Bertz CT molecular complexity index is 1250. The lowest BCUT2D eigenvalue weighted by molar-refractivity contribution is 0.168. The third kappa shape index (κ3) is 2.71. The number of hydrogen-bond acceptors (Lipinski definition) is 9. The quantitative estimate of drug-likeness (QED) is 0.653. The number of benzene rings is 1. The lowest BCUT2D eigenvalue weighted by atomic mass is 9.82. The van der Waals surface area contributed by atoms with Crippen LogP contribution in [-0.2, 0) is 0 Å². The third-order valence-corrected chi connectivity index (χ3v) is 5.22. The molecule has 3 aromatic rings. The average molecular weight is 419 g/mol. The molecule has 2 aliphatic heterocycles. The number of allylic oxidation sites excluding steroid dienone is 1. The summed E-state index contributed by atoms with van der Waals surface area (Å²) >= 11 is 0. The van der Waals surface area contributed by atoms with E-state index in [-0.39, 0.29) is 24.1 Å². The predicted molar refractivity (Wildman–Crippen MR) is 107 cm³/mol. The minimum absolute atomic E-state index is 0.0280. The summed E-state index contributed by atoms with van der Waals surface area (Å²) in [7, 11) is 3.04. The van der Waals surface area contributed by atoms with Gasteiger partial charge in [0.2, 0.25) is 30.1 Å². The van der Waals surface area contributed by atoms with Crippen molar-refractivity contribution in [3.05, 3.63) is 53.2 Å². The molecule has 1 atom stereocenters. The van der Waals surface area contributed by atoms with Gasteiger partial charge in [-0.15, -0.1) is 5.10 Å². The van der Waals surface area contributed by atoms with Crippen LogP contribution in [0, 0.1) is 11.3 Å². The molecule has 0 aliphatic carbocycles. The van der Waals surface area contributed by atoms with Gasteiger partial charge >= 0.3 is 0 Å². The molecule has 0 bridgehead atoms. The van der Waals surface area contributed by atoms with Gasteiger partial charge in [0.25, 0.3) is 0 Å². The first-order chi connectivity index (χ1) is 15.2. The molecule has 5 rings (SSSR count). The predicted octanol–water partition coefficient (Wildman–Crippen LogP) is 2.44. The van der Waals surface area contributed by atoms with Crippen LogP contribution in [0.2, 0.25) is 0 Å². The molecule has 2 aromatic heterocycles. The summed E-state index contributed by atoms with van der Waals surface area (Å²) in [5, 5.41) is 17.2. The van der Waals surface area contributed by atoms with Gasteiger partial charge in [0.1, 0.15) is 11.6 Å². The van der Waals surface area contributed by atoms with Gasteiger partial charge in [-0.05, 0) is 18.2 Å². The van der Waals surface area contributed by atoms with E-state index >= 15 is 0 Å². The molecule has 2 aliphatic rings. The fraction of sp³-hybridized carbons (Fsp3) is 0.190. The summed E-state index contributed by atoms with van der Waals surface area (Å²) in [5.74, 6) is 1.24. The number of nitrogens with two attached hydrogens (primary N) is 1. The lowest BCUT2D eigenvalue weighted by Crippen LogP contribution is -2.21. The first-order valence-electron chi connectivity index (χ1n) is 9.28. The van der Waals surface area contributed by atoms with Crippen LogP contribution < -0.4 is 29.4 Å². The zero-order chi connectivity index (χ0) is 21.5. The summed E-state index contributed by atoms with van der Waals surface area (Å²) in [4.78, 5) is 4.18. The molecule has 0 spiro atoms. The summed E-state index contributed by atoms with van der Waals surface area (Å²) in [5.41, 5.74) is 8.94. The number of ether oxygens (including phenoxy) is 5. The fourth-order valence-corrected chi connectivity index (χ4v) is 3.90. The van der Waals surface area contributed by atoms with Gasteiger partial charge in [-0.2, -0.15) is 5.26 Å². The third-order valence-electron chi connectivity index (χ3n) is 5.22. The molecule has 31 heavy (non-hydrogen) atoms. The Morgan fingerprint density at radius 1 is 1.26 bits per heavy atom. The Labute approximate surface area is 176 Å². The molecule has 0 radical (unpaired) electrons. The second-order valence-electron chi connectivity index (χ2n) is 6.75. The molecule has 0 saturated carbocycles. The highest BCUT2D eigenvalue weighted by molar-refractivity contribution is 5.74.